The highest BCUT2D eigenvalue weighted by Crippen LogP contribution is 2.38. The summed E-state index contributed by atoms with van der Waals surface area (Å²) in [6, 6.07) is 4.24. The highest BCUT2D eigenvalue weighted by Gasteiger charge is 2.34. The van der Waals surface area contributed by atoms with Crippen molar-refractivity contribution in [1.82, 2.24) is 10.1 Å². The van der Waals surface area contributed by atoms with Crippen molar-refractivity contribution in [2.45, 2.75) is 37.6 Å². The molecule has 0 radical (unpaired) electrons. The largest absolute Gasteiger partial charge is 0.333 e. The van der Waals surface area contributed by atoms with Gasteiger partial charge in [-0.3, -0.25) is 0 Å². The molecule has 20 heavy (non-hydrogen) atoms. The second kappa shape index (κ2) is 4.65. The summed E-state index contributed by atoms with van der Waals surface area (Å²) < 4.78 is 7.98. The van der Waals surface area contributed by atoms with Crippen molar-refractivity contribution in [2.75, 3.05) is 0 Å². The van der Waals surface area contributed by atoms with Gasteiger partial charge in [-0.15, -0.1) is 22.7 Å². The second-order valence-corrected chi connectivity index (χ2v) is 7.43. The Morgan fingerprint density at radius 1 is 1.20 bits per heavy atom. The number of aromatic nitrogens is 2. The van der Waals surface area contributed by atoms with E-state index in [0.29, 0.717) is 11.7 Å². The van der Waals surface area contributed by atoms with E-state index < -0.39 is 5.54 Å². The first-order valence-corrected chi connectivity index (χ1v) is 8.55. The number of nitrogens with zero attached hydrogens (tertiary/aromatic N) is 2. The highest BCUT2D eigenvalue weighted by atomic mass is 32.1. The van der Waals surface area contributed by atoms with Crippen molar-refractivity contribution in [3.63, 3.8) is 0 Å². The fourth-order valence-electron chi connectivity index (χ4n) is 2.80. The van der Waals surface area contributed by atoms with Gasteiger partial charge in [0.25, 0.3) is 5.89 Å². The average molecular weight is 305 g/mol. The molecule has 1 fully saturated rings. The van der Waals surface area contributed by atoms with Crippen molar-refractivity contribution in [3.05, 3.63) is 23.3 Å². The van der Waals surface area contributed by atoms with Crippen molar-refractivity contribution >= 4 is 32.1 Å². The molecule has 0 bridgehead atoms. The first-order valence-electron chi connectivity index (χ1n) is 6.85. The van der Waals surface area contributed by atoms with Gasteiger partial charge in [-0.25, -0.2) is 0 Å². The van der Waals surface area contributed by atoms with Gasteiger partial charge in [-0.1, -0.05) is 24.4 Å². The number of nitrogens with two attached hydrogens (primary N) is 1. The molecule has 0 aliphatic heterocycles. The topological polar surface area (TPSA) is 64.9 Å². The monoisotopic (exact) mass is 305 g/mol. The SMILES string of the molecule is NC1(c2noc(-c3cc4sccc4s3)n2)CCCCC1. The van der Waals surface area contributed by atoms with E-state index in [4.69, 9.17) is 10.3 Å². The third-order valence-corrected chi connectivity index (χ3v) is 6.05. The molecule has 3 aromatic heterocycles. The fraction of sp³-hybridized carbons (Fsp3) is 0.429. The Labute approximate surface area is 124 Å². The molecule has 1 aliphatic carbocycles. The van der Waals surface area contributed by atoms with Crippen LogP contribution in [-0.4, -0.2) is 10.1 Å². The van der Waals surface area contributed by atoms with Gasteiger partial charge in [0.15, 0.2) is 5.82 Å². The minimum atomic E-state index is -0.394. The lowest BCUT2D eigenvalue weighted by Crippen LogP contribution is -2.39. The van der Waals surface area contributed by atoms with E-state index in [2.05, 4.69) is 27.7 Å². The molecule has 2 N–H and O–H groups in total. The lowest BCUT2D eigenvalue weighted by molar-refractivity contribution is 0.275. The zero-order valence-corrected chi connectivity index (χ0v) is 12.6. The van der Waals surface area contributed by atoms with Crippen LogP contribution in [-0.2, 0) is 5.54 Å². The van der Waals surface area contributed by atoms with Gasteiger partial charge in [-0.2, -0.15) is 4.98 Å². The molecule has 1 saturated carbocycles. The van der Waals surface area contributed by atoms with E-state index in [1.165, 1.54) is 15.8 Å². The third kappa shape index (κ3) is 1.99. The van der Waals surface area contributed by atoms with Gasteiger partial charge < -0.3 is 10.3 Å². The molecule has 104 valence electrons. The minimum absolute atomic E-state index is 0.394. The number of rotatable bonds is 2. The second-order valence-electron chi connectivity index (χ2n) is 5.40. The predicted octanol–water partition coefficient (Wildman–Crippen LogP) is 4.13. The van der Waals surface area contributed by atoms with Gasteiger partial charge >= 0.3 is 0 Å². The van der Waals surface area contributed by atoms with Gasteiger partial charge in [-0.05, 0) is 30.4 Å². The van der Waals surface area contributed by atoms with E-state index in [0.717, 1.165) is 30.6 Å². The maximum Gasteiger partial charge on any atom is 0.268 e. The summed E-state index contributed by atoms with van der Waals surface area (Å²) in [4.78, 5) is 5.60. The van der Waals surface area contributed by atoms with Crippen molar-refractivity contribution in [2.24, 2.45) is 5.73 Å². The molecule has 0 spiro atoms. The van der Waals surface area contributed by atoms with Gasteiger partial charge in [0.1, 0.15) is 0 Å². The third-order valence-electron chi connectivity index (χ3n) is 3.97. The number of fused-ring (bicyclic) bond motifs is 1. The lowest BCUT2D eigenvalue weighted by atomic mass is 9.82. The van der Waals surface area contributed by atoms with E-state index in [9.17, 15) is 0 Å². The summed E-state index contributed by atoms with van der Waals surface area (Å²) in [5, 5.41) is 6.24. The highest BCUT2D eigenvalue weighted by molar-refractivity contribution is 7.28. The Balaban J connectivity index is 1.69. The van der Waals surface area contributed by atoms with Crippen molar-refractivity contribution < 1.29 is 4.52 Å². The van der Waals surface area contributed by atoms with Crippen LogP contribution in [0.3, 0.4) is 0 Å². The van der Waals surface area contributed by atoms with Crippen LogP contribution in [0.1, 0.15) is 37.9 Å². The molecule has 0 atom stereocenters. The summed E-state index contributed by atoms with van der Waals surface area (Å²) >= 11 is 3.42. The molecule has 3 heterocycles. The summed E-state index contributed by atoms with van der Waals surface area (Å²) in [5.74, 6) is 1.27. The molecule has 0 amide bonds. The molecule has 0 aromatic carbocycles. The average Bonchev–Trinajstić information content (AvgIpc) is 3.14. The first-order chi connectivity index (χ1) is 9.74. The maximum atomic E-state index is 6.45. The summed E-state index contributed by atoms with van der Waals surface area (Å²) in [7, 11) is 0. The van der Waals surface area contributed by atoms with Crippen LogP contribution >= 0.6 is 22.7 Å². The van der Waals surface area contributed by atoms with Crippen molar-refractivity contribution in [3.8, 4) is 10.8 Å². The summed E-state index contributed by atoms with van der Waals surface area (Å²) in [5.41, 5.74) is 6.05. The van der Waals surface area contributed by atoms with Gasteiger partial charge in [0.05, 0.1) is 10.4 Å². The summed E-state index contributed by atoms with van der Waals surface area (Å²) in [6.07, 6.45) is 5.45. The zero-order chi connectivity index (χ0) is 13.6. The van der Waals surface area contributed by atoms with Crippen LogP contribution < -0.4 is 5.73 Å². The first kappa shape index (κ1) is 12.5. The van der Waals surface area contributed by atoms with Crippen LogP contribution in [0, 0.1) is 0 Å². The standard InChI is InChI=1S/C14H15N3OS2/c15-14(5-2-1-3-6-14)13-16-12(18-17-13)11-8-10-9(20-11)4-7-19-10/h4,7-8H,1-3,5-6,15H2. The smallest absolute Gasteiger partial charge is 0.268 e. The Bertz CT molecular complexity index is 708. The van der Waals surface area contributed by atoms with Crippen LogP contribution in [0.5, 0.6) is 0 Å². The van der Waals surface area contributed by atoms with Crippen LogP contribution in [0.4, 0.5) is 0 Å². The Hall–Kier alpha value is -1.24. The number of thiophene rings is 2. The Morgan fingerprint density at radius 3 is 2.85 bits per heavy atom. The quantitative estimate of drug-likeness (QED) is 0.773. The lowest BCUT2D eigenvalue weighted by Gasteiger charge is -2.29. The van der Waals surface area contributed by atoms with Gasteiger partial charge in [0, 0.05) is 9.40 Å². The molecular weight excluding hydrogens is 290 g/mol. The Kier molecular flexibility index (Phi) is 2.90. The summed E-state index contributed by atoms with van der Waals surface area (Å²) in [6.45, 7) is 0. The minimum Gasteiger partial charge on any atom is -0.333 e. The molecule has 1 aliphatic rings. The molecule has 3 aromatic rings. The van der Waals surface area contributed by atoms with Crippen LogP contribution in [0.15, 0.2) is 22.0 Å². The molecule has 6 heteroatoms. The normalized spacial score (nSPS) is 18.6. The predicted molar refractivity (Wildman–Crippen MR) is 81.9 cm³/mol. The van der Waals surface area contributed by atoms with Crippen LogP contribution in [0.25, 0.3) is 20.2 Å². The molecular formula is C14H15N3OS2. The van der Waals surface area contributed by atoms with E-state index in [1.54, 1.807) is 22.7 Å². The maximum absolute atomic E-state index is 6.45. The Morgan fingerprint density at radius 2 is 2.05 bits per heavy atom. The fourth-order valence-corrected chi connectivity index (χ4v) is 4.83. The number of hydrogen-bond acceptors (Lipinski definition) is 6. The van der Waals surface area contributed by atoms with E-state index in [-0.39, 0.29) is 0 Å². The van der Waals surface area contributed by atoms with E-state index >= 15 is 0 Å². The van der Waals surface area contributed by atoms with E-state index in [1.807, 2.05) is 0 Å². The van der Waals surface area contributed by atoms with Crippen molar-refractivity contribution in [1.29, 1.82) is 0 Å². The zero-order valence-electron chi connectivity index (χ0n) is 11.0. The molecule has 4 nitrogen and oxygen atoms in total. The van der Waals surface area contributed by atoms with Gasteiger partial charge in [0.2, 0.25) is 0 Å². The molecule has 4 rings (SSSR count). The number of hydrogen-bond donors (Lipinski definition) is 1. The van der Waals surface area contributed by atoms with Crippen LogP contribution in [0.2, 0.25) is 0 Å². The molecule has 0 unspecified atom stereocenters. The molecule has 0 saturated heterocycles.